The molecule has 5 heteroatoms. The Labute approximate surface area is 135 Å². The first-order valence-corrected chi connectivity index (χ1v) is 7.62. The summed E-state index contributed by atoms with van der Waals surface area (Å²) in [4.78, 5) is 0. The number of methoxy groups -OCH3 is 2. The summed E-state index contributed by atoms with van der Waals surface area (Å²) in [7, 11) is 3.32. The summed E-state index contributed by atoms with van der Waals surface area (Å²) in [6.07, 6.45) is 0. The van der Waals surface area contributed by atoms with Crippen molar-refractivity contribution in [1.29, 1.82) is 0 Å². The second-order valence-electron chi connectivity index (χ2n) is 4.16. The molecule has 0 bridgehead atoms. The smallest absolute Gasteiger partial charge is 0.121 e. The molecule has 0 spiro atoms. The van der Waals surface area contributed by atoms with Crippen molar-refractivity contribution in [3.63, 3.8) is 0 Å². The standard InChI is InChI=1S/C15H15Br2NO2/c1-19-11-3-5-13(16)10(7-11)9-18-15-8-12(20-2)4-6-14(15)17/h3-8,18H,9H2,1-2H3. The average molecular weight is 401 g/mol. The first kappa shape index (κ1) is 15.2. The zero-order valence-electron chi connectivity index (χ0n) is 11.2. The van der Waals surface area contributed by atoms with Crippen LogP contribution in [0.5, 0.6) is 11.5 Å². The Kier molecular flexibility index (Phi) is 5.31. The molecule has 20 heavy (non-hydrogen) atoms. The molecule has 2 rings (SSSR count). The second-order valence-corrected chi connectivity index (χ2v) is 5.87. The van der Waals surface area contributed by atoms with E-state index in [9.17, 15) is 0 Å². The monoisotopic (exact) mass is 399 g/mol. The molecular formula is C15H15Br2NO2. The molecule has 0 atom stereocenters. The van der Waals surface area contributed by atoms with Gasteiger partial charge in [0.25, 0.3) is 0 Å². The minimum atomic E-state index is 0.684. The van der Waals surface area contributed by atoms with Gasteiger partial charge < -0.3 is 14.8 Å². The predicted octanol–water partition coefficient (Wildman–Crippen LogP) is 4.84. The highest BCUT2D eigenvalue weighted by Gasteiger charge is 2.05. The Morgan fingerprint density at radius 2 is 1.50 bits per heavy atom. The molecular weight excluding hydrogens is 386 g/mol. The molecule has 0 aliphatic heterocycles. The van der Waals surface area contributed by atoms with E-state index in [-0.39, 0.29) is 0 Å². The number of hydrogen-bond donors (Lipinski definition) is 1. The van der Waals surface area contributed by atoms with Gasteiger partial charge in [-0.1, -0.05) is 15.9 Å². The van der Waals surface area contributed by atoms with Gasteiger partial charge in [-0.3, -0.25) is 0 Å². The van der Waals surface area contributed by atoms with Crippen LogP contribution in [0.25, 0.3) is 0 Å². The number of anilines is 1. The van der Waals surface area contributed by atoms with Crippen LogP contribution in [-0.2, 0) is 6.54 Å². The third-order valence-electron chi connectivity index (χ3n) is 2.90. The van der Waals surface area contributed by atoms with Crippen LogP contribution < -0.4 is 14.8 Å². The Morgan fingerprint density at radius 1 is 0.900 bits per heavy atom. The first-order chi connectivity index (χ1) is 9.63. The van der Waals surface area contributed by atoms with E-state index in [0.717, 1.165) is 31.7 Å². The molecule has 1 N–H and O–H groups in total. The molecule has 2 aromatic rings. The number of hydrogen-bond acceptors (Lipinski definition) is 3. The molecule has 106 valence electrons. The Balaban J connectivity index is 2.16. The van der Waals surface area contributed by atoms with Gasteiger partial charge in [-0.2, -0.15) is 0 Å². The van der Waals surface area contributed by atoms with E-state index in [2.05, 4.69) is 37.2 Å². The van der Waals surface area contributed by atoms with Gasteiger partial charge in [0.15, 0.2) is 0 Å². The van der Waals surface area contributed by atoms with Gasteiger partial charge >= 0.3 is 0 Å². The van der Waals surface area contributed by atoms with E-state index < -0.39 is 0 Å². The highest BCUT2D eigenvalue weighted by Crippen LogP contribution is 2.29. The van der Waals surface area contributed by atoms with Gasteiger partial charge in [-0.05, 0) is 51.8 Å². The number of rotatable bonds is 5. The molecule has 0 unspecified atom stereocenters. The van der Waals surface area contributed by atoms with Crippen molar-refractivity contribution in [2.24, 2.45) is 0 Å². The van der Waals surface area contributed by atoms with E-state index in [0.29, 0.717) is 6.54 Å². The summed E-state index contributed by atoms with van der Waals surface area (Å²) in [5.74, 6) is 1.66. The molecule has 0 aliphatic carbocycles. The number of ether oxygens (including phenoxy) is 2. The summed E-state index contributed by atoms with van der Waals surface area (Å²) in [5.41, 5.74) is 2.11. The van der Waals surface area contributed by atoms with Crippen LogP contribution in [0.4, 0.5) is 5.69 Å². The van der Waals surface area contributed by atoms with Crippen molar-refractivity contribution in [2.75, 3.05) is 19.5 Å². The summed E-state index contributed by atoms with van der Waals surface area (Å²) in [6, 6.07) is 11.7. The molecule has 0 aromatic heterocycles. The molecule has 0 radical (unpaired) electrons. The lowest BCUT2D eigenvalue weighted by molar-refractivity contribution is 0.414. The van der Waals surface area contributed by atoms with Crippen molar-refractivity contribution >= 4 is 37.5 Å². The van der Waals surface area contributed by atoms with Crippen molar-refractivity contribution in [1.82, 2.24) is 0 Å². The van der Waals surface area contributed by atoms with Gasteiger partial charge in [-0.15, -0.1) is 0 Å². The normalized spacial score (nSPS) is 10.2. The largest absolute Gasteiger partial charge is 0.497 e. The fraction of sp³-hybridized carbons (Fsp3) is 0.200. The van der Waals surface area contributed by atoms with Crippen LogP contribution in [0.3, 0.4) is 0 Å². The highest BCUT2D eigenvalue weighted by molar-refractivity contribution is 9.10. The zero-order chi connectivity index (χ0) is 14.5. The molecule has 2 aromatic carbocycles. The molecule has 0 amide bonds. The molecule has 0 saturated heterocycles. The maximum absolute atomic E-state index is 5.24. The second kappa shape index (κ2) is 6.99. The van der Waals surface area contributed by atoms with Crippen LogP contribution in [0, 0.1) is 0 Å². The number of benzene rings is 2. The Hall–Kier alpha value is -1.20. The van der Waals surface area contributed by atoms with Crippen molar-refractivity contribution in [3.05, 3.63) is 50.9 Å². The van der Waals surface area contributed by atoms with Crippen LogP contribution in [-0.4, -0.2) is 14.2 Å². The molecule has 0 heterocycles. The van der Waals surface area contributed by atoms with Crippen LogP contribution in [0.1, 0.15) is 5.56 Å². The van der Waals surface area contributed by atoms with Gasteiger partial charge in [0.1, 0.15) is 11.5 Å². The summed E-state index contributed by atoms with van der Waals surface area (Å²) < 4.78 is 12.5. The van der Waals surface area contributed by atoms with E-state index in [1.165, 1.54) is 0 Å². The molecule has 0 aliphatic rings. The number of halogens is 2. The molecule has 0 saturated carbocycles. The van der Waals surface area contributed by atoms with E-state index >= 15 is 0 Å². The number of nitrogens with one attached hydrogen (secondary N) is 1. The van der Waals surface area contributed by atoms with Crippen LogP contribution in [0.15, 0.2) is 45.3 Å². The fourth-order valence-electron chi connectivity index (χ4n) is 1.77. The van der Waals surface area contributed by atoms with Gasteiger partial charge in [-0.25, -0.2) is 0 Å². The van der Waals surface area contributed by atoms with Crippen molar-refractivity contribution < 1.29 is 9.47 Å². The minimum absolute atomic E-state index is 0.684. The molecule has 0 fully saturated rings. The average Bonchev–Trinajstić information content (AvgIpc) is 2.48. The fourth-order valence-corrected chi connectivity index (χ4v) is 2.54. The van der Waals surface area contributed by atoms with Gasteiger partial charge in [0.2, 0.25) is 0 Å². The topological polar surface area (TPSA) is 30.5 Å². The summed E-state index contributed by atoms with van der Waals surface area (Å²) in [5, 5.41) is 3.38. The third-order valence-corrected chi connectivity index (χ3v) is 4.36. The van der Waals surface area contributed by atoms with E-state index in [1.54, 1.807) is 14.2 Å². The SMILES string of the molecule is COc1ccc(Br)c(CNc2cc(OC)ccc2Br)c1. The Morgan fingerprint density at radius 3 is 2.15 bits per heavy atom. The lowest BCUT2D eigenvalue weighted by atomic mass is 10.2. The van der Waals surface area contributed by atoms with Crippen molar-refractivity contribution in [2.45, 2.75) is 6.54 Å². The predicted molar refractivity (Wildman–Crippen MR) is 88.7 cm³/mol. The van der Waals surface area contributed by atoms with E-state index in [1.807, 2.05) is 36.4 Å². The quantitative estimate of drug-likeness (QED) is 0.778. The minimum Gasteiger partial charge on any atom is -0.497 e. The maximum atomic E-state index is 5.24. The van der Waals surface area contributed by atoms with Gasteiger partial charge in [0, 0.05) is 21.6 Å². The lowest BCUT2D eigenvalue weighted by Crippen LogP contribution is -2.01. The van der Waals surface area contributed by atoms with Crippen LogP contribution >= 0.6 is 31.9 Å². The summed E-state index contributed by atoms with van der Waals surface area (Å²) in [6.45, 7) is 0.684. The highest BCUT2D eigenvalue weighted by atomic mass is 79.9. The maximum Gasteiger partial charge on any atom is 0.121 e. The summed E-state index contributed by atoms with van der Waals surface area (Å²) >= 11 is 7.07. The van der Waals surface area contributed by atoms with Gasteiger partial charge in [0.05, 0.1) is 19.9 Å². The first-order valence-electron chi connectivity index (χ1n) is 6.04. The lowest BCUT2D eigenvalue weighted by Gasteiger charge is -2.12. The zero-order valence-corrected chi connectivity index (χ0v) is 14.4. The molecule has 3 nitrogen and oxygen atoms in total. The Bertz CT molecular complexity index is 549. The van der Waals surface area contributed by atoms with E-state index in [4.69, 9.17) is 9.47 Å². The van der Waals surface area contributed by atoms with Crippen molar-refractivity contribution in [3.8, 4) is 11.5 Å². The third kappa shape index (κ3) is 3.67. The van der Waals surface area contributed by atoms with Crippen LogP contribution in [0.2, 0.25) is 0 Å².